The summed E-state index contributed by atoms with van der Waals surface area (Å²) in [5.74, 6) is -1.14. The third kappa shape index (κ3) is 4.98. The molecular formula is C23H27ClFN5O4. The minimum absolute atomic E-state index is 0.0702. The number of amides is 2. The van der Waals surface area contributed by atoms with Crippen molar-refractivity contribution in [3.63, 3.8) is 0 Å². The number of carbonyl (C=O) groups excluding carboxylic acids is 3. The summed E-state index contributed by atoms with van der Waals surface area (Å²) >= 11 is 6.07. The molecule has 182 valence electrons. The van der Waals surface area contributed by atoms with Crippen LogP contribution in [0.1, 0.15) is 35.6 Å². The molecule has 4 rings (SSSR count). The molecule has 0 saturated carbocycles. The molecule has 2 aromatic rings. The zero-order valence-electron chi connectivity index (χ0n) is 19.1. The number of halogens is 2. The van der Waals surface area contributed by atoms with Crippen molar-refractivity contribution >= 4 is 29.7 Å². The highest BCUT2D eigenvalue weighted by Gasteiger charge is 2.36. The highest BCUT2D eigenvalue weighted by atomic mass is 35.5. The predicted octanol–water partition coefficient (Wildman–Crippen LogP) is 1.49. The number of rotatable bonds is 7. The number of aldehydes is 1. The van der Waals surface area contributed by atoms with E-state index in [4.69, 9.17) is 16.3 Å². The van der Waals surface area contributed by atoms with Gasteiger partial charge in [-0.05, 0) is 18.2 Å². The number of hydrogen-bond donors (Lipinski definition) is 2. The molecule has 11 heteroatoms. The van der Waals surface area contributed by atoms with Gasteiger partial charge >= 0.3 is 0 Å². The summed E-state index contributed by atoms with van der Waals surface area (Å²) in [5.41, 5.74) is 0.777. The fraction of sp³-hybridized carbons (Fsp3) is 0.478. The molecule has 2 aliphatic rings. The van der Waals surface area contributed by atoms with Crippen LogP contribution in [-0.2, 0) is 27.4 Å². The second-order valence-electron chi connectivity index (χ2n) is 9.22. The maximum absolute atomic E-state index is 14.6. The van der Waals surface area contributed by atoms with Crippen molar-refractivity contribution in [2.75, 3.05) is 32.8 Å². The summed E-state index contributed by atoms with van der Waals surface area (Å²) in [6.07, 6.45) is 1.14. The molecule has 9 nitrogen and oxygen atoms in total. The van der Waals surface area contributed by atoms with Crippen LogP contribution in [0.25, 0.3) is 5.69 Å². The van der Waals surface area contributed by atoms with Gasteiger partial charge in [0.15, 0.2) is 5.69 Å². The van der Waals surface area contributed by atoms with Crippen LogP contribution < -0.4 is 10.6 Å². The van der Waals surface area contributed by atoms with E-state index >= 15 is 0 Å². The minimum atomic E-state index is -0.835. The van der Waals surface area contributed by atoms with Gasteiger partial charge in [0.25, 0.3) is 5.91 Å². The monoisotopic (exact) mass is 491 g/mol. The number of aromatic nitrogens is 2. The predicted molar refractivity (Wildman–Crippen MR) is 122 cm³/mol. The Morgan fingerprint density at radius 3 is 2.97 bits per heavy atom. The van der Waals surface area contributed by atoms with E-state index in [0.717, 1.165) is 0 Å². The lowest BCUT2D eigenvalue weighted by Gasteiger charge is -2.37. The molecule has 34 heavy (non-hydrogen) atoms. The van der Waals surface area contributed by atoms with Gasteiger partial charge in [-0.3, -0.25) is 14.5 Å². The van der Waals surface area contributed by atoms with Crippen LogP contribution in [0.3, 0.4) is 0 Å². The summed E-state index contributed by atoms with van der Waals surface area (Å²) in [6.45, 7) is 6.16. The number of fused-ring (bicyclic) bond motifs is 1. The van der Waals surface area contributed by atoms with Crippen LogP contribution >= 0.6 is 11.6 Å². The number of nitrogens with zero attached hydrogens (tertiary/aromatic N) is 3. The van der Waals surface area contributed by atoms with Gasteiger partial charge in [0.1, 0.15) is 17.8 Å². The van der Waals surface area contributed by atoms with E-state index in [-0.39, 0.29) is 30.4 Å². The summed E-state index contributed by atoms with van der Waals surface area (Å²) < 4.78 is 21.5. The SMILES string of the molecule is CC(C)(CN1CCNC(=O)C1)[C@@H](C=O)NC(=O)c1nn(-c2cc(Cl)ccc2F)c2c1COCC2. The summed E-state index contributed by atoms with van der Waals surface area (Å²) in [7, 11) is 0. The van der Waals surface area contributed by atoms with E-state index in [2.05, 4.69) is 15.7 Å². The molecule has 1 aromatic carbocycles. The zero-order valence-corrected chi connectivity index (χ0v) is 19.8. The topological polar surface area (TPSA) is 106 Å². The molecule has 2 N–H and O–H groups in total. The van der Waals surface area contributed by atoms with Gasteiger partial charge in [-0.1, -0.05) is 25.4 Å². The molecule has 0 aliphatic carbocycles. The molecule has 2 aliphatic heterocycles. The number of hydrogen-bond acceptors (Lipinski definition) is 6. The van der Waals surface area contributed by atoms with Crippen molar-refractivity contribution in [2.24, 2.45) is 5.41 Å². The first-order chi connectivity index (χ1) is 16.2. The molecule has 3 heterocycles. The van der Waals surface area contributed by atoms with Gasteiger partial charge in [-0.25, -0.2) is 9.07 Å². The highest BCUT2D eigenvalue weighted by Crippen LogP contribution is 2.28. The Morgan fingerprint density at radius 2 is 2.24 bits per heavy atom. The molecular weight excluding hydrogens is 465 g/mol. The van der Waals surface area contributed by atoms with E-state index in [0.29, 0.717) is 55.2 Å². The summed E-state index contributed by atoms with van der Waals surface area (Å²) in [6, 6.07) is 3.30. The second kappa shape index (κ2) is 9.81. The Hall–Kier alpha value is -2.82. The van der Waals surface area contributed by atoms with Crippen LogP contribution in [0.5, 0.6) is 0 Å². The second-order valence-corrected chi connectivity index (χ2v) is 9.66. The smallest absolute Gasteiger partial charge is 0.272 e. The molecule has 0 bridgehead atoms. The number of nitrogens with one attached hydrogen (secondary N) is 2. The number of carbonyl (C=O) groups is 3. The molecule has 1 fully saturated rings. The fourth-order valence-corrected chi connectivity index (χ4v) is 4.56. The molecule has 2 amide bonds. The van der Waals surface area contributed by atoms with Gasteiger partial charge in [0.05, 0.1) is 31.5 Å². The van der Waals surface area contributed by atoms with Crippen molar-refractivity contribution < 1.29 is 23.5 Å². The van der Waals surface area contributed by atoms with Crippen molar-refractivity contribution in [1.82, 2.24) is 25.3 Å². The normalized spacial score (nSPS) is 17.6. The van der Waals surface area contributed by atoms with Crippen LogP contribution in [0.15, 0.2) is 18.2 Å². The van der Waals surface area contributed by atoms with E-state index < -0.39 is 23.2 Å². The summed E-state index contributed by atoms with van der Waals surface area (Å²) in [4.78, 5) is 38.9. The standard InChI is InChI=1S/C23H27ClFN5O4/c1-23(2,13-29-7-6-26-20(32)10-29)19(11-31)27-22(33)21-15-12-34-8-5-17(15)30(28-21)18-9-14(24)3-4-16(18)25/h3-4,9,11,19H,5-8,10,12-13H2,1-2H3,(H,26,32)(H,27,33)/t19-/m1/s1. The number of piperazine rings is 1. The first kappa shape index (κ1) is 24.3. The molecule has 1 saturated heterocycles. The number of ether oxygens (including phenoxy) is 1. The zero-order chi connectivity index (χ0) is 24.5. The van der Waals surface area contributed by atoms with Crippen molar-refractivity contribution in [3.8, 4) is 5.69 Å². The van der Waals surface area contributed by atoms with Gasteiger partial charge in [-0.15, -0.1) is 0 Å². The first-order valence-corrected chi connectivity index (χ1v) is 11.5. The Kier molecular flexibility index (Phi) is 7.01. The largest absolute Gasteiger partial charge is 0.376 e. The van der Waals surface area contributed by atoms with Crippen LogP contribution in [-0.4, -0.2) is 71.6 Å². The van der Waals surface area contributed by atoms with Crippen LogP contribution in [0.2, 0.25) is 5.02 Å². The van der Waals surface area contributed by atoms with Gasteiger partial charge in [-0.2, -0.15) is 5.10 Å². The van der Waals surface area contributed by atoms with Crippen molar-refractivity contribution in [1.29, 1.82) is 0 Å². The van der Waals surface area contributed by atoms with Crippen LogP contribution in [0, 0.1) is 11.2 Å². The maximum Gasteiger partial charge on any atom is 0.272 e. The molecule has 0 radical (unpaired) electrons. The molecule has 1 aromatic heterocycles. The van der Waals surface area contributed by atoms with Gasteiger partial charge in [0.2, 0.25) is 5.91 Å². The molecule has 0 unspecified atom stereocenters. The lowest BCUT2D eigenvalue weighted by molar-refractivity contribution is -0.124. The first-order valence-electron chi connectivity index (χ1n) is 11.1. The molecule has 0 spiro atoms. The van der Waals surface area contributed by atoms with Gasteiger partial charge < -0.3 is 20.2 Å². The highest BCUT2D eigenvalue weighted by molar-refractivity contribution is 6.30. The van der Waals surface area contributed by atoms with E-state index in [9.17, 15) is 18.8 Å². The van der Waals surface area contributed by atoms with Gasteiger partial charge in [0, 0.05) is 42.1 Å². The lowest BCUT2D eigenvalue weighted by atomic mass is 9.84. The Balaban J connectivity index is 1.59. The Bertz CT molecular complexity index is 1120. The van der Waals surface area contributed by atoms with Crippen molar-refractivity contribution in [3.05, 3.63) is 46.0 Å². The average Bonchev–Trinajstić information content (AvgIpc) is 3.18. The molecule has 1 atom stereocenters. The lowest BCUT2D eigenvalue weighted by Crippen LogP contribution is -2.55. The summed E-state index contributed by atoms with van der Waals surface area (Å²) in [5, 5.41) is 10.3. The Labute approximate surface area is 201 Å². The van der Waals surface area contributed by atoms with E-state index in [1.807, 2.05) is 18.7 Å². The fourth-order valence-electron chi connectivity index (χ4n) is 4.39. The third-order valence-corrected chi connectivity index (χ3v) is 6.42. The maximum atomic E-state index is 14.6. The Morgan fingerprint density at radius 1 is 1.44 bits per heavy atom. The quantitative estimate of drug-likeness (QED) is 0.569. The average molecular weight is 492 g/mol. The van der Waals surface area contributed by atoms with E-state index in [1.165, 1.54) is 22.9 Å². The number of benzene rings is 1. The minimum Gasteiger partial charge on any atom is -0.376 e. The van der Waals surface area contributed by atoms with Crippen molar-refractivity contribution in [2.45, 2.75) is 32.9 Å². The van der Waals surface area contributed by atoms with E-state index in [1.54, 1.807) is 0 Å². The van der Waals surface area contributed by atoms with Crippen LogP contribution in [0.4, 0.5) is 4.39 Å². The third-order valence-electron chi connectivity index (χ3n) is 6.18.